The summed E-state index contributed by atoms with van der Waals surface area (Å²) in [5.41, 5.74) is 5.42. The van der Waals surface area contributed by atoms with E-state index in [-0.39, 0.29) is 17.7 Å². The molecule has 0 bridgehead atoms. The van der Waals surface area contributed by atoms with Crippen LogP contribution in [0.2, 0.25) is 5.02 Å². The molecule has 7 rings (SSSR count). The summed E-state index contributed by atoms with van der Waals surface area (Å²) >= 11 is 6.37. The van der Waals surface area contributed by atoms with Gasteiger partial charge in [0, 0.05) is 11.1 Å². The lowest BCUT2D eigenvalue weighted by Crippen LogP contribution is -2.53. The molecule has 6 nitrogen and oxygen atoms in total. The number of imidazole rings is 1. The molecule has 1 atom stereocenters. The van der Waals surface area contributed by atoms with Gasteiger partial charge in [-0.3, -0.25) is 19.2 Å². The summed E-state index contributed by atoms with van der Waals surface area (Å²) in [5, 5.41) is 4.36. The molecule has 1 aliphatic carbocycles. The Bertz CT molecular complexity index is 1940. The van der Waals surface area contributed by atoms with Crippen molar-refractivity contribution in [2.45, 2.75) is 36.9 Å². The molecular formula is C39H34ClN3O3. The van der Waals surface area contributed by atoms with Crippen molar-refractivity contribution in [3.63, 3.8) is 0 Å². The van der Waals surface area contributed by atoms with Crippen molar-refractivity contribution in [2.24, 2.45) is 0 Å². The van der Waals surface area contributed by atoms with Crippen LogP contribution in [-0.2, 0) is 21.5 Å². The van der Waals surface area contributed by atoms with Crippen molar-refractivity contribution in [1.29, 1.82) is 0 Å². The van der Waals surface area contributed by atoms with Crippen LogP contribution in [-0.4, -0.2) is 28.3 Å². The van der Waals surface area contributed by atoms with Gasteiger partial charge in [-0.2, -0.15) is 0 Å². The van der Waals surface area contributed by atoms with E-state index in [1.165, 1.54) is 7.11 Å². The predicted molar refractivity (Wildman–Crippen MR) is 183 cm³/mol. The van der Waals surface area contributed by atoms with Gasteiger partial charge in [-0.1, -0.05) is 115 Å². The number of carbonyl (C=O) groups is 1. The monoisotopic (exact) mass is 627 g/mol. The van der Waals surface area contributed by atoms with Crippen molar-refractivity contribution >= 4 is 28.6 Å². The Morgan fingerprint density at radius 2 is 1.35 bits per heavy atom. The zero-order chi connectivity index (χ0) is 31.7. The number of esters is 1. The predicted octanol–water partition coefficient (Wildman–Crippen LogP) is 7.45. The van der Waals surface area contributed by atoms with Crippen LogP contribution in [0.15, 0.2) is 138 Å². The summed E-state index contributed by atoms with van der Waals surface area (Å²) in [6.45, 7) is 0. The number of nitrogens with one attached hydrogen (secondary N) is 1. The molecule has 0 spiro atoms. The highest BCUT2D eigenvalue weighted by Crippen LogP contribution is 2.39. The van der Waals surface area contributed by atoms with Crippen LogP contribution < -0.4 is 11.0 Å². The molecule has 7 heteroatoms. The molecule has 1 aliphatic rings. The lowest BCUT2D eigenvalue weighted by molar-refractivity contribution is -0.143. The third-order valence-corrected chi connectivity index (χ3v) is 9.11. The molecule has 0 amide bonds. The standard InChI is InChI=1S/C39H34ClN3O3/c1-46-37(44)34(41-39(28-11-5-2-6-12-28,29-13-7-3-8-14-29)30-15-9-4-10-16-30)25-27-17-20-32(21-18-27)43-36-26-31(40)19-24-35(36)42(38(43)45)33-22-23-33/h2-21,24,26,33-34,41H,22-23,25H2,1H3. The fourth-order valence-corrected chi connectivity index (χ4v) is 6.72. The number of hydrogen-bond donors (Lipinski definition) is 1. The normalized spacial score (nSPS) is 13.9. The lowest BCUT2D eigenvalue weighted by atomic mass is 9.76. The minimum absolute atomic E-state index is 0.0695. The topological polar surface area (TPSA) is 65.3 Å². The molecule has 0 radical (unpaired) electrons. The Kier molecular flexibility index (Phi) is 8.07. The van der Waals surface area contributed by atoms with Crippen LogP contribution in [0.4, 0.5) is 0 Å². The van der Waals surface area contributed by atoms with E-state index in [0.717, 1.165) is 51.8 Å². The van der Waals surface area contributed by atoms with Gasteiger partial charge in [0.15, 0.2) is 0 Å². The van der Waals surface area contributed by atoms with Crippen LogP contribution in [0, 0.1) is 0 Å². The lowest BCUT2D eigenvalue weighted by Gasteiger charge is -2.39. The van der Waals surface area contributed by atoms with Crippen molar-refractivity contribution in [3.8, 4) is 5.69 Å². The molecule has 46 heavy (non-hydrogen) atoms. The second kappa shape index (κ2) is 12.5. The third kappa shape index (κ3) is 5.44. The molecule has 1 saturated carbocycles. The summed E-state index contributed by atoms with van der Waals surface area (Å²) in [6.07, 6.45) is 2.36. The number of benzene rings is 5. The van der Waals surface area contributed by atoms with Gasteiger partial charge in [-0.05, 0) is 71.8 Å². The number of hydrogen-bond acceptors (Lipinski definition) is 4. The Morgan fingerprint density at radius 3 is 1.85 bits per heavy atom. The SMILES string of the molecule is COC(=O)C(Cc1ccc(-n2c(=O)n(C3CC3)c3ccc(Cl)cc32)cc1)NC(c1ccccc1)(c1ccccc1)c1ccccc1. The van der Waals surface area contributed by atoms with Crippen LogP contribution in [0.5, 0.6) is 0 Å². The highest BCUT2D eigenvalue weighted by Gasteiger charge is 2.40. The largest absolute Gasteiger partial charge is 0.468 e. The highest BCUT2D eigenvalue weighted by atomic mass is 35.5. The first-order valence-corrected chi connectivity index (χ1v) is 15.9. The second-order valence-electron chi connectivity index (χ2n) is 11.8. The van der Waals surface area contributed by atoms with Crippen molar-refractivity contribution in [3.05, 3.63) is 171 Å². The molecule has 230 valence electrons. The average molecular weight is 628 g/mol. The molecule has 0 aliphatic heterocycles. The number of halogens is 1. The molecule has 1 fully saturated rings. The van der Waals surface area contributed by atoms with E-state index in [1.54, 1.807) is 4.57 Å². The van der Waals surface area contributed by atoms with Gasteiger partial charge >= 0.3 is 11.7 Å². The van der Waals surface area contributed by atoms with Crippen LogP contribution in [0.1, 0.15) is 41.1 Å². The van der Waals surface area contributed by atoms with Crippen LogP contribution in [0.25, 0.3) is 16.7 Å². The first kappa shape index (κ1) is 29.8. The number of fused-ring (bicyclic) bond motifs is 1. The Morgan fingerprint density at radius 1 is 0.804 bits per heavy atom. The second-order valence-corrected chi connectivity index (χ2v) is 12.2. The maximum atomic E-state index is 13.6. The minimum atomic E-state index is -0.847. The van der Waals surface area contributed by atoms with Gasteiger partial charge in [0.2, 0.25) is 0 Å². The van der Waals surface area contributed by atoms with Crippen molar-refractivity contribution in [1.82, 2.24) is 14.5 Å². The van der Waals surface area contributed by atoms with Gasteiger partial charge in [0.05, 0.1) is 29.4 Å². The van der Waals surface area contributed by atoms with Gasteiger partial charge in [0.1, 0.15) is 6.04 Å². The first-order valence-electron chi connectivity index (χ1n) is 15.5. The average Bonchev–Trinajstić information content (AvgIpc) is 3.90. The van der Waals surface area contributed by atoms with E-state index in [9.17, 15) is 9.59 Å². The third-order valence-electron chi connectivity index (χ3n) is 8.88. The summed E-state index contributed by atoms with van der Waals surface area (Å²) < 4.78 is 8.98. The number of carbonyl (C=O) groups excluding carboxylic acids is 1. The van der Waals surface area contributed by atoms with Gasteiger partial charge in [0.25, 0.3) is 0 Å². The Labute approximate surface area is 272 Å². The molecule has 1 unspecified atom stereocenters. The molecule has 6 aromatic rings. The molecule has 1 aromatic heterocycles. The number of nitrogens with zero attached hydrogens (tertiary/aromatic N) is 2. The van der Waals surface area contributed by atoms with E-state index >= 15 is 0 Å². The van der Waals surface area contributed by atoms with Gasteiger partial charge in [-0.15, -0.1) is 0 Å². The maximum Gasteiger partial charge on any atom is 0.333 e. The number of aromatic nitrogens is 2. The zero-order valence-electron chi connectivity index (χ0n) is 25.5. The summed E-state index contributed by atoms with van der Waals surface area (Å²) in [5.74, 6) is -0.366. The maximum absolute atomic E-state index is 13.6. The van der Waals surface area contributed by atoms with E-state index in [0.29, 0.717) is 11.4 Å². The molecular weight excluding hydrogens is 594 g/mol. The van der Waals surface area contributed by atoms with Gasteiger partial charge in [-0.25, -0.2) is 4.79 Å². The summed E-state index contributed by atoms with van der Waals surface area (Å²) in [6, 6.07) is 43.5. The molecule has 0 saturated heterocycles. The van der Waals surface area contributed by atoms with E-state index in [2.05, 4.69) is 41.7 Å². The molecule has 1 N–H and O–H groups in total. The van der Waals surface area contributed by atoms with Gasteiger partial charge < -0.3 is 4.74 Å². The summed E-state index contributed by atoms with van der Waals surface area (Å²) in [7, 11) is 1.42. The fourth-order valence-electron chi connectivity index (χ4n) is 6.56. The fraction of sp³-hybridized carbons (Fsp3) is 0.179. The first-order chi connectivity index (χ1) is 22.5. The Balaban J connectivity index is 1.28. The minimum Gasteiger partial charge on any atom is -0.468 e. The quantitative estimate of drug-likeness (QED) is 0.127. The number of ether oxygens (including phenoxy) is 1. The van der Waals surface area contributed by atoms with E-state index < -0.39 is 11.6 Å². The number of rotatable bonds is 10. The van der Waals surface area contributed by atoms with Crippen LogP contribution in [0.3, 0.4) is 0 Å². The Hall–Kier alpha value is -4.91. The van der Waals surface area contributed by atoms with E-state index in [4.69, 9.17) is 16.3 Å². The van der Waals surface area contributed by atoms with E-state index in [1.807, 2.05) is 102 Å². The highest BCUT2D eigenvalue weighted by molar-refractivity contribution is 6.31. The molecule has 1 heterocycles. The number of methoxy groups -OCH3 is 1. The smallest absolute Gasteiger partial charge is 0.333 e. The van der Waals surface area contributed by atoms with Crippen molar-refractivity contribution in [2.75, 3.05) is 7.11 Å². The summed E-state index contributed by atoms with van der Waals surface area (Å²) in [4.78, 5) is 27.2. The van der Waals surface area contributed by atoms with Crippen LogP contribution >= 0.6 is 11.6 Å². The van der Waals surface area contributed by atoms with Crippen molar-refractivity contribution < 1.29 is 9.53 Å². The zero-order valence-corrected chi connectivity index (χ0v) is 26.2. The molecule has 5 aromatic carbocycles.